The molecule has 2 N–H and O–H groups in total. The van der Waals surface area contributed by atoms with Crippen molar-refractivity contribution in [3.8, 4) is 0 Å². The van der Waals surface area contributed by atoms with Crippen LogP contribution < -0.4 is 5.73 Å². The van der Waals surface area contributed by atoms with E-state index < -0.39 is 11.6 Å². The van der Waals surface area contributed by atoms with Gasteiger partial charge < -0.3 is 5.73 Å². The predicted octanol–water partition coefficient (Wildman–Crippen LogP) is 3.66. The van der Waals surface area contributed by atoms with Crippen molar-refractivity contribution >= 4 is 0 Å². The Morgan fingerprint density at radius 2 is 2.11 bits per heavy atom. The van der Waals surface area contributed by atoms with Gasteiger partial charge in [-0.2, -0.15) is 0 Å². The second kappa shape index (κ2) is 5.35. The van der Waals surface area contributed by atoms with Crippen molar-refractivity contribution in [3.05, 3.63) is 35.4 Å². The molecule has 0 aliphatic heterocycles. The Morgan fingerprint density at radius 1 is 1.33 bits per heavy atom. The van der Waals surface area contributed by atoms with Gasteiger partial charge in [0, 0.05) is 0 Å². The molecule has 18 heavy (non-hydrogen) atoms. The highest BCUT2D eigenvalue weighted by atomic mass is 19.2. The summed E-state index contributed by atoms with van der Waals surface area (Å²) >= 11 is 0. The number of hydrogen-bond donors (Lipinski definition) is 1. The molecule has 2 atom stereocenters. The molecular weight excluding hydrogens is 232 g/mol. The number of benzene rings is 1. The zero-order valence-corrected chi connectivity index (χ0v) is 10.9. The Balaban J connectivity index is 2.16. The summed E-state index contributed by atoms with van der Waals surface area (Å²) in [6, 6.07) is 4.20. The largest absolute Gasteiger partial charge is 0.330 e. The van der Waals surface area contributed by atoms with Crippen LogP contribution in [0.4, 0.5) is 8.78 Å². The fourth-order valence-electron chi connectivity index (χ4n) is 3.27. The third-order valence-electron chi connectivity index (χ3n) is 4.18. The van der Waals surface area contributed by atoms with Crippen LogP contribution in [-0.4, -0.2) is 6.54 Å². The fraction of sp³-hybridized carbons (Fsp3) is 0.600. The number of rotatable bonds is 3. The van der Waals surface area contributed by atoms with Crippen molar-refractivity contribution in [3.63, 3.8) is 0 Å². The third-order valence-corrected chi connectivity index (χ3v) is 4.18. The smallest absolute Gasteiger partial charge is 0.159 e. The number of nitrogens with two attached hydrogens (primary N) is 1. The molecule has 0 aromatic heterocycles. The van der Waals surface area contributed by atoms with Crippen molar-refractivity contribution in [1.29, 1.82) is 0 Å². The van der Waals surface area contributed by atoms with E-state index in [4.69, 9.17) is 5.73 Å². The van der Waals surface area contributed by atoms with E-state index in [9.17, 15) is 8.78 Å². The van der Waals surface area contributed by atoms with Gasteiger partial charge in [-0.3, -0.25) is 0 Å². The van der Waals surface area contributed by atoms with Crippen LogP contribution in [0.2, 0.25) is 0 Å². The molecule has 1 aromatic carbocycles. The Hall–Kier alpha value is -0.960. The third kappa shape index (κ3) is 2.89. The van der Waals surface area contributed by atoms with E-state index in [0.29, 0.717) is 12.5 Å². The molecular formula is C15H21F2N. The summed E-state index contributed by atoms with van der Waals surface area (Å²) in [5.74, 6) is -0.867. The van der Waals surface area contributed by atoms with E-state index in [1.807, 2.05) is 0 Å². The van der Waals surface area contributed by atoms with Gasteiger partial charge in [0.2, 0.25) is 0 Å². The van der Waals surface area contributed by atoms with Gasteiger partial charge in [0.1, 0.15) is 0 Å². The van der Waals surface area contributed by atoms with Gasteiger partial charge in [-0.15, -0.1) is 0 Å². The lowest BCUT2D eigenvalue weighted by atomic mass is 9.67. The van der Waals surface area contributed by atoms with Crippen molar-refractivity contribution in [2.24, 2.45) is 17.1 Å². The molecule has 100 valence electrons. The molecule has 0 bridgehead atoms. The summed E-state index contributed by atoms with van der Waals surface area (Å²) in [4.78, 5) is 0. The maximum Gasteiger partial charge on any atom is 0.159 e. The van der Waals surface area contributed by atoms with Crippen LogP contribution in [0.3, 0.4) is 0 Å². The highest BCUT2D eigenvalue weighted by Gasteiger charge is 2.33. The van der Waals surface area contributed by atoms with Crippen LogP contribution in [0.15, 0.2) is 18.2 Å². The molecule has 1 aromatic rings. The molecule has 1 fully saturated rings. The normalized spacial score (nSPS) is 28.3. The van der Waals surface area contributed by atoms with Crippen LogP contribution in [0, 0.1) is 23.0 Å². The fourth-order valence-corrected chi connectivity index (χ4v) is 3.27. The molecule has 0 saturated heterocycles. The molecule has 2 unspecified atom stereocenters. The SMILES string of the molecule is CC1CCCC(CN)(Cc2ccc(F)c(F)c2)C1. The zero-order valence-electron chi connectivity index (χ0n) is 10.9. The van der Waals surface area contributed by atoms with Crippen LogP contribution in [0.25, 0.3) is 0 Å². The molecule has 3 heteroatoms. The average molecular weight is 253 g/mol. The van der Waals surface area contributed by atoms with Crippen LogP contribution in [0.1, 0.15) is 38.2 Å². The van der Waals surface area contributed by atoms with E-state index in [2.05, 4.69) is 6.92 Å². The second-order valence-electron chi connectivity index (χ2n) is 5.83. The van der Waals surface area contributed by atoms with Gasteiger partial charge >= 0.3 is 0 Å². The Morgan fingerprint density at radius 3 is 2.72 bits per heavy atom. The van der Waals surface area contributed by atoms with Crippen LogP contribution in [0.5, 0.6) is 0 Å². The average Bonchev–Trinajstić information content (AvgIpc) is 2.34. The first-order chi connectivity index (χ1) is 8.54. The van der Waals surface area contributed by atoms with Gasteiger partial charge in [0.25, 0.3) is 0 Å². The van der Waals surface area contributed by atoms with Crippen molar-refractivity contribution in [2.45, 2.75) is 39.0 Å². The van der Waals surface area contributed by atoms with Gasteiger partial charge in [0.15, 0.2) is 11.6 Å². The van der Waals surface area contributed by atoms with Gasteiger partial charge in [-0.25, -0.2) is 8.78 Å². The lowest BCUT2D eigenvalue weighted by Gasteiger charge is -2.39. The molecule has 2 rings (SSSR count). The Bertz CT molecular complexity index is 419. The van der Waals surface area contributed by atoms with E-state index in [1.165, 1.54) is 25.0 Å². The quantitative estimate of drug-likeness (QED) is 0.874. The number of halogens is 2. The summed E-state index contributed by atoms with van der Waals surface area (Å²) in [5.41, 5.74) is 6.87. The van der Waals surface area contributed by atoms with Gasteiger partial charge in [-0.1, -0.05) is 25.8 Å². The molecule has 1 saturated carbocycles. The molecule has 1 aliphatic carbocycles. The molecule has 0 heterocycles. The first kappa shape index (κ1) is 13.5. The van der Waals surface area contributed by atoms with Gasteiger partial charge in [0.05, 0.1) is 0 Å². The molecule has 1 aliphatic rings. The van der Waals surface area contributed by atoms with E-state index in [-0.39, 0.29) is 5.41 Å². The van der Waals surface area contributed by atoms with Crippen LogP contribution in [-0.2, 0) is 6.42 Å². The van der Waals surface area contributed by atoms with E-state index in [0.717, 1.165) is 24.8 Å². The van der Waals surface area contributed by atoms with Crippen molar-refractivity contribution in [1.82, 2.24) is 0 Å². The summed E-state index contributed by atoms with van der Waals surface area (Å²) in [6.07, 6.45) is 5.36. The first-order valence-electron chi connectivity index (χ1n) is 6.69. The zero-order chi connectivity index (χ0) is 13.2. The van der Waals surface area contributed by atoms with E-state index in [1.54, 1.807) is 6.07 Å². The maximum atomic E-state index is 13.2. The first-order valence-corrected chi connectivity index (χ1v) is 6.69. The van der Waals surface area contributed by atoms with Crippen molar-refractivity contribution < 1.29 is 8.78 Å². The summed E-state index contributed by atoms with van der Waals surface area (Å²) in [7, 11) is 0. The lowest BCUT2D eigenvalue weighted by Crippen LogP contribution is -2.37. The maximum absolute atomic E-state index is 13.2. The minimum atomic E-state index is -0.780. The molecule has 1 nitrogen and oxygen atoms in total. The topological polar surface area (TPSA) is 26.0 Å². The summed E-state index contributed by atoms with van der Waals surface area (Å²) < 4.78 is 26.1. The molecule has 0 amide bonds. The van der Waals surface area contributed by atoms with Crippen LogP contribution >= 0.6 is 0 Å². The minimum absolute atomic E-state index is 0.0714. The van der Waals surface area contributed by atoms with E-state index >= 15 is 0 Å². The Labute approximate surface area is 107 Å². The second-order valence-corrected chi connectivity index (χ2v) is 5.83. The molecule has 0 spiro atoms. The summed E-state index contributed by atoms with van der Waals surface area (Å²) in [5, 5.41) is 0. The predicted molar refractivity (Wildman–Crippen MR) is 69.2 cm³/mol. The number of hydrogen-bond acceptors (Lipinski definition) is 1. The highest BCUT2D eigenvalue weighted by Crippen LogP contribution is 2.41. The Kier molecular flexibility index (Phi) is 4.00. The van der Waals surface area contributed by atoms with Gasteiger partial charge in [-0.05, 0) is 54.8 Å². The minimum Gasteiger partial charge on any atom is -0.330 e. The summed E-state index contributed by atoms with van der Waals surface area (Å²) in [6.45, 7) is 2.87. The lowest BCUT2D eigenvalue weighted by molar-refractivity contribution is 0.153. The highest BCUT2D eigenvalue weighted by molar-refractivity contribution is 5.19. The molecule has 0 radical (unpaired) electrons. The van der Waals surface area contributed by atoms with Crippen molar-refractivity contribution in [2.75, 3.05) is 6.54 Å². The monoisotopic (exact) mass is 253 g/mol. The standard InChI is InChI=1S/C15H21F2N/c1-11-3-2-6-15(8-11,10-18)9-12-4-5-13(16)14(17)7-12/h4-5,7,11H,2-3,6,8-10,18H2,1H3.